The molecule has 1 N–H and O–H groups in total. The lowest BCUT2D eigenvalue weighted by Crippen LogP contribution is -2.08. The van der Waals surface area contributed by atoms with Crippen LogP contribution in [0.2, 0.25) is 0 Å². The SMILES string of the molecule is OC1CCCCC(c2sccc2Br)C1. The summed E-state index contributed by atoms with van der Waals surface area (Å²) in [7, 11) is 0. The first kappa shape index (κ1) is 10.7. The molecule has 2 rings (SSSR count). The van der Waals surface area contributed by atoms with Gasteiger partial charge in [-0.3, -0.25) is 0 Å². The zero-order chi connectivity index (χ0) is 9.97. The predicted octanol–water partition coefficient (Wildman–Crippen LogP) is 3.92. The van der Waals surface area contributed by atoms with Crippen LogP contribution >= 0.6 is 27.3 Å². The van der Waals surface area contributed by atoms with Crippen molar-refractivity contribution in [2.45, 2.75) is 44.1 Å². The number of halogens is 1. The third-order valence-corrected chi connectivity index (χ3v) is 4.95. The molecule has 0 aromatic carbocycles. The molecule has 0 spiro atoms. The summed E-state index contributed by atoms with van der Waals surface area (Å²) in [5.74, 6) is 0.571. The highest BCUT2D eigenvalue weighted by Gasteiger charge is 2.22. The van der Waals surface area contributed by atoms with Gasteiger partial charge in [-0.15, -0.1) is 11.3 Å². The fraction of sp³-hybridized carbons (Fsp3) is 0.636. The first-order valence-corrected chi connectivity index (χ1v) is 6.85. The van der Waals surface area contributed by atoms with E-state index in [2.05, 4.69) is 27.4 Å². The van der Waals surface area contributed by atoms with Crippen molar-refractivity contribution in [3.63, 3.8) is 0 Å². The summed E-state index contributed by atoms with van der Waals surface area (Å²) in [6, 6.07) is 2.11. The molecule has 1 aromatic rings. The van der Waals surface area contributed by atoms with E-state index in [1.807, 2.05) is 11.3 Å². The Labute approximate surface area is 97.3 Å². The van der Waals surface area contributed by atoms with Gasteiger partial charge in [-0.1, -0.05) is 12.8 Å². The lowest BCUT2D eigenvalue weighted by atomic mass is 9.98. The zero-order valence-corrected chi connectivity index (χ0v) is 10.5. The standard InChI is InChI=1S/C11H15BrOS/c12-10-5-6-14-11(10)8-3-1-2-4-9(13)7-8/h5-6,8-9,13H,1-4,7H2. The Morgan fingerprint density at radius 2 is 2.14 bits per heavy atom. The molecule has 1 nitrogen and oxygen atoms in total. The molecule has 78 valence electrons. The van der Waals surface area contributed by atoms with Gasteiger partial charge in [-0.2, -0.15) is 0 Å². The predicted molar refractivity (Wildman–Crippen MR) is 63.9 cm³/mol. The monoisotopic (exact) mass is 274 g/mol. The van der Waals surface area contributed by atoms with E-state index in [0.29, 0.717) is 5.92 Å². The van der Waals surface area contributed by atoms with Crippen LogP contribution in [-0.4, -0.2) is 11.2 Å². The minimum atomic E-state index is -0.0866. The van der Waals surface area contributed by atoms with E-state index in [1.165, 1.54) is 28.6 Å². The van der Waals surface area contributed by atoms with Crippen LogP contribution in [0.3, 0.4) is 0 Å². The molecule has 1 aliphatic carbocycles. The smallest absolute Gasteiger partial charge is 0.0546 e. The van der Waals surface area contributed by atoms with E-state index in [1.54, 1.807) is 0 Å². The van der Waals surface area contributed by atoms with E-state index in [4.69, 9.17) is 0 Å². The second-order valence-electron chi connectivity index (χ2n) is 4.00. The van der Waals surface area contributed by atoms with E-state index >= 15 is 0 Å². The Hall–Kier alpha value is 0.140. The van der Waals surface area contributed by atoms with Crippen molar-refractivity contribution in [1.29, 1.82) is 0 Å². The lowest BCUT2D eigenvalue weighted by Gasteiger charge is -2.15. The van der Waals surface area contributed by atoms with Crippen molar-refractivity contribution >= 4 is 27.3 Å². The van der Waals surface area contributed by atoms with Gasteiger partial charge in [0.15, 0.2) is 0 Å². The Morgan fingerprint density at radius 3 is 2.86 bits per heavy atom. The number of thiophene rings is 1. The minimum Gasteiger partial charge on any atom is -0.393 e. The van der Waals surface area contributed by atoms with Gasteiger partial charge in [0.05, 0.1) is 6.10 Å². The van der Waals surface area contributed by atoms with Crippen molar-refractivity contribution in [3.05, 3.63) is 20.8 Å². The third-order valence-electron chi connectivity index (χ3n) is 2.91. The first-order chi connectivity index (χ1) is 6.77. The number of hydrogen-bond donors (Lipinski definition) is 1. The molecule has 1 fully saturated rings. The molecule has 3 heteroatoms. The molecule has 0 saturated heterocycles. The van der Waals surface area contributed by atoms with Gasteiger partial charge < -0.3 is 5.11 Å². The molecule has 2 atom stereocenters. The maximum atomic E-state index is 9.74. The highest BCUT2D eigenvalue weighted by atomic mass is 79.9. The second-order valence-corrected chi connectivity index (χ2v) is 5.81. The Balaban J connectivity index is 2.13. The largest absolute Gasteiger partial charge is 0.393 e. The van der Waals surface area contributed by atoms with Gasteiger partial charge in [-0.05, 0) is 52.6 Å². The van der Waals surface area contributed by atoms with Crippen LogP contribution in [0.1, 0.15) is 42.9 Å². The summed E-state index contributed by atoms with van der Waals surface area (Å²) in [4.78, 5) is 1.42. The zero-order valence-electron chi connectivity index (χ0n) is 8.08. The number of hydrogen-bond acceptors (Lipinski definition) is 2. The van der Waals surface area contributed by atoms with Gasteiger partial charge >= 0.3 is 0 Å². The number of aliphatic hydroxyl groups is 1. The van der Waals surface area contributed by atoms with Gasteiger partial charge in [0.25, 0.3) is 0 Å². The molecule has 0 radical (unpaired) electrons. The first-order valence-electron chi connectivity index (χ1n) is 5.18. The van der Waals surface area contributed by atoms with Gasteiger partial charge in [0, 0.05) is 9.35 Å². The molecule has 1 heterocycles. The normalized spacial score (nSPS) is 28.7. The summed E-state index contributed by atoms with van der Waals surface area (Å²) >= 11 is 5.39. The maximum absolute atomic E-state index is 9.74. The summed E-state index contributed by atoms with van der Waals surface area (Å²) in [6.45, 7) is 0. The molecule has 2 unspecified atom stereocenters. The highest BCUT2D eigenvalue weighted by molar-refractivity contribution is 9.10. The van der Waals surface area contributed by atoms with Gasteiger partial charge in [0.2, 0.25) is 0 Å². The summed E-state index contributed by atoms with van der Waals surface area (Å²) in [5, 5.41) is 11.9. The van der Waals surface area contributed by atoms with Crippen LogP contribution < -0.4 is 0 Å². The Kier molecular flexibility index (Phi) is 3.63. The van der Waals surface area contributed by atoms with Gasteiger partial charge in [0.1, 0.15) is 0 Å². The van der Waals surface area contributed by atoms with Crippen LogP contribution in [0, 0.1) is 0 Å². The van der Waals surface area contributed by atoms with Crippen LogP contribution in [0.5, 0.6) is 0 Å². The molecular formula is C11H15BrOS. The summed E-state index contributed by atoms with van der Waals surface area (Å²) < 4.78 is 1.22. The fourth-order valence-corrected chi connectivity index (χ4v) is 4.02. The van der Waals surface area contributed by atoms with Crippen LogP contribution in [-0.2, 0) is 0 Å². The average molecular weight is 275 g/mol. The molecule has 1 saturated carbocycles. The second kappa shape index (κ2) is 4.77. The van der Waals surface area contributed by atoms with Crippen molar-refractivity contribution < 1.29 is 5.11 Å². The molecule has 0 bridgehead atoms. The quantitative estimate of drug-likeness (QED) is 0.770. The summed E-state index contributed by atoms with van der Waals surface area (Å²) in [5.41, 5.74) is 0. The summed E-state index contributed by atoms with van der Waals surface area (Å²) in [6.07, 6.45) is 5.51. The highest BCUT2D eigenvalue weighted by Crippen LogP contribution is 2.38. The molecule has 1 aliphatic rings. The molecule has 14 heavy (non-hydrogen) atoms. The van der Waals surface area contributed by atoms with Gasteiger partial charge in [-0.25, -0.2) is 0 Å². The topological polar surface area (TPSA) is 20.2 Å². The number of aliphatic hydroxyl groups excluding tert-OH is 1. The van der Waals surface area contributed by atoms with E-state index < -0.39 is 0 Å². The van der Waals surface area contributed by atoms with E-state index in [9.17, 15) is 5.11 Å². The van der Waals surface area contributed by atoms with Crippen molar-refractivity contribution in [2.24, 2.45) is 0 Å². The van der Waals surface area contributed by atoms with Crippen molar-refractivity contribution in [1.82, 2.24) is 0 Å². The maximum Gasteiger partial charge on any atom is 0.0546 e. The fourth-order valence-electron chi connectivity index (χ4n) is 2.17. The Bertz CT molecular complexity index is 297. The molecular weight excluding hydrogens is 260 g/mol. The van der Waals surface area contributed by atoms with Crippen LogP contribution in [0.4, 0.5) is 0 Å². The molecule has 1 aromatic heterocycles. The molecule has 0 aliphatic heterocycles. The van der Waals surface area contributed by atoms with E-state index in [-0.39, 0.29) is 6.10 Å². The van der Waals surface area contributed by atoms with Crippen LogP contribution in [0.25, 0.3) is 0 Å². The minimum absolute atomic E-state index is 0.0866. The van der Waals surface area contributed by atoms with Crippen molar-refractivity contribution in [2.75, 3.05) is 0 Å². The van der Waals surface area contributed by atoms with Crippen molar-refractivity contribution in [3.8, 4) is 0 Å². The van der Waals surface area contributed by atoms with E-state index in [0.717, 1.165) is 12.8 Å². The van der Waals surface area contributed by atoms with Crippen LogP contribution in [0.15, 0.2) is 15.9 Å². The Morgan fingerprint density at radius 1 is 1.36 bits per heavy atom. The number of rotatable bonds is 1. The lowest BCUT2D eigenvalue weighted by molar-refractivity contribution is 0.152. The molecule has 0 amide bonds. The average Bonchev–Trinajstić information content (AvgIpc) is 2.45. The third kappa shape index (κ3) is 2.38.